The molecule has 1 atom stereocenters. The Morgan fingerprint density at radius 3 is 2.10 bits per heavy atom. The number of carbonyl (C=O) groups is 3. The van der Waals surface area contributed by atoms with Crippen molar-refractivity contribution in [2.45, 2.75) is 40.2 Å². The van der Waals surface area contributed by atoms with Crippen molar-refractivity contribution in [1.29, 1.82) is 0 Å². The number of rotatable bonds is 8. The minimum atomic E-state index is -1.08. The Balaban J connectivity index is 4.27. The van der Waals surface area contributed by atoms with Gasteiger partial charge in [0.05, 0.1) is 6.54 Å². The smallest absolute Gasteiger partial charge is 0.326 e. The number of hydrogen-bond donors (Lipinski definition) is 3. The third-order valence-corrected chi connectivity index (χ3v) is 2.83. The molecule has 0 unspecified atom stereocenters. The molecular formula is C13H25N3O4. The lowest BCUT2D eigenvalue weighted by Gasteiger charge is -2.20. The number of carboxylic acid groups (broad SMARTS) is 1. The van der Waals surface area contributed by atoms with Crippen molar-refractivity contribution < 1.29 is 19.5 Å². The van der Waals surface area contributed by atoms with Crippen molar-refractivity contribution in [2.75, 3.05) is 19.6 Å². The maximum atomic E-state index is 11.7. The molecule has 0 saturated carbocycles. The van der Waals surface area contributed by atoms with Crippen LogP contribution in [-0.4, -0.2) is 53.6 Å². The summed E-state index contributed by atoms with van der Waals surface area (Å²) in [6.45, 7) is 8.46. The van der Waals surface area contributed by atoms with Gasteiger partial charge in [-0.15, -0.1) is 0 Å². The van der Waals surface area contributed by atoms with Crippen LogP contribution in [0.5, 0.6) is 0 Å². The first-order valence-electron chi connectivity index (χ1n) is 6.86. The molecule has 20 heavy (non-hydrogen) atoms. The van der Waals surface area contributed by atoms with Gasteiger partial charge in [0.2, 0.25) is 5.91 Å². The summed E-state index contributed by atoms with van der Waals surface area (Å²) in [5.74, 6) is -1.13. The van der Waals surface area contributed by atoms with E-state index < -0.39 is 18.0 Å². The normalized spacial score (nSPS) is 11.8. The zero-order valence-electron chi connectivity index (χ0n) is 12.6. The summed E-state index contributed by atoms with van der Waals surface area (Å²) < 4.78 is 0. The average molecular weight is 287 g/mol. The van der Waals surface area contributed by atoms with E-state index in [9.17, 15) is 14.4 Å². The molecule has 3 amide bonds. The fourth-order valence-corrected chi connectivity index (χ4v) is 1.75. The Hall–Kier alpha value is -1.79. The lowest BCUT2D eigenvalue weighted by Crippen LogP contribution is -2.49. The first kappa shape index (κ1) is 18.2. The number of amides is 3. The predicted octanol–water partition coefficient (Wildman–Crippen LogP) is 0.653. The highest BCUT2D eigenvalue weighted by Crippen LogP contribution is 2.04. The number of nitrogens with zero attached hydrogens (tertiary/aromatic N) is 1. The Morgan fingerprint density at radius 1 is 1.15 bits per heavy atom. The van der Waals surface area contributed by atoms with Gasteiger partial charge in [-0.3, -0.25) is 4.79 Å². The molecule has 3 N–H and O–H groups in total. The molecule has 116 valence electrons. The molecule has 0 aliphatic carbocycles. The van der Waals surface area contributed by atoms with Gasteiger partial charge < -0.3 is 20.6 Å². The fraction of sp³-hybridized carbons (Fsp3) is 0.769. The van der Waals surface area contributed by atoms with Gasteiger partial charge in [-0.25, -0.2) is 9.59 Å². The third-order valence-electron chi connectivity index (χ3n) is 2.83. The van der Waals surface area contributed by atoms with Gasteiger partial charge in [-0.1, -0.05) is 13.8 Å². The summed E-state index contributed by atoms with van der Waals surface area (Å²) >= 11 is 0. The van der Waals surface area contributed by atoms with Crippen LogP contribution in [0.15, 0.2) is 0 Å². The van der Waals surface area contributed by atoms with Crippen LogP contribution < -0.4 is 10.6 Å². The van der Waals surface area contributed by atoms with Gasteiger partial charge in [0.15, 0.2) is 0 Å². The van der Waals surface area contributed by atoms with Gasteiger partial charge >= 0.3 is 12.0 Å². The summed E-state index contributed by atoms with van der Waals surface area (Å²) in [4.78, 5) is 35.8. The summed E-state index contributed by atoms with van der Waals surface area (Å²) in [6.07, 6.45) is 0.340. The predicted molar refractivity (Wildman–Crippen MR) is 75.3 cm³/mol. The lowest BCUT2D eigenvalue weighted by molar-refractivity contribution is -0.139. The topological polar surface area (TPSA) is 98.7 Å². The minimum Gasteiger partial charge on any atom is -0.480 e. The molecule has 0 aromatic heterocycles. The zero-order valence-corrected chi connectivity index (χ0v) is 12.6. The molecule has 0 spiro atoms. The molecule has 0 fully saturated rings. The van der Waals surface area contributed by atoms with E-state index in [0.29, 0.717) is 19.5 Å². The number of hydrogen-bond acceptors (Lipinski definition) is 3. The first-order valence-corrected chi connectivity index (χ1v) is 6.86. The molecular weight excluding hydrogens is 262 g/mol. The van der Waals surface area contributed by atoms with Crippen LogP contribution in [-0.2, 0) is 9.59 Å². The summed E-state index contributed by atoms with van der Waals surface area (Å²) in [6, 6.07) is -1.59. The molecule has 0 heterocycles. The van der Waals surface area contributed by atoms with Crippen LogP contribution in [0.2, 0.25) is 0 Å². The fourth-order valence-electron chi connectivity index (χ4n) is 1.75. The molecule has 0 rings (SSSR count). The summed E-state index contributed by atoms with van der Waals surface area (Å²) in [5, 5.41) is 13.7. The maximum absolute atomic E-state index is 11.7. The Kier molecular flexibility index (Phi) is 8.35. The second kappa shape index (κ2) is 9.17. The van der Waals surface area contributed by atoms with Crippen LogP contribution in [0, 0.1) is 5.92 Å². The van der Waals surface area contributed by atoms with Crippen molar-refractivity contribution >= 4 is 17.9 Å². The van der Waals surface area contributed by atoms with E-state index in [1.165, 1.54) is 0 Å². The van der Waals surface area contributed by atoms with Crippen LogP contribution in [0.3, 0.4) is 0 Å². The van der Waals surface area contributed by atoms with Crippen LogP contribution in [0.25, 0.3) is 0 Å². The highest BCUT2D eigenvalue weighted by atomic mass is 16.4. The van der Waals surface area contributed by atoms with E-state index in [1.54, 1.807) is 4.90 Å². The van der Waals surface area contributed by atoms with Gasteiger partial charge in [0, 0.05) is 13.1 Å². The second-order valence-electron chi connectivity index (χ2n) is 4.91. The Morgan fingerprint density at radius 2 is 1.70 bits per heavy atom. The van der Waals surface area contributed by atoms with Crippen LogP contribution in [0.1, 0.15) is 34.1 Å². The van der Waals surface area contributed by atoms with Crippen LogP contribution >= 0.6 is 0 Å². The van der Waals surface area contributed by atoms with Gasteiger partial charge in [-0.2, -0.15) is 0 Å². The van der Waals surface area contributed by atoms with Crippen LogP contribution in [0.4, 0.5) is 4.79 Å². The number of nitrogens with one attached hydrogen (secondary N) is 2. The van der Waals surface area contributed by atoms with Gasteiger partial charge in [0.25, 0.3) is 0 Å². The van der Waals surface area contributed by atoms with E-state index >= 15 is 0 Å². The summed E-state index contributed by atoms with van der Waals surface area (Å²) in [5.41, 5.74) is 0. The second-order valence-corrected chi connectivity index (χ2v) is 4.91. The highest BCUT2D eigenvalue weighted by molar-refractivity contribution is 5.86. The van der Waals surface area contributed by atoms with Crippen molar-refractivity contribution in [3.63, 3.8) is 0 Å². The van der Waals surface area contributed by atoms with Crippen molar-refractivity contribution in [3.8, 4) is 0 Å². The Labute approximate surface area is 119 Å². The molecule has 0 bridgehead atoms. The molecule has 0 radical (unpaired) electrons. The average Bonchev–Trinajstić information content (AvgIpc) is 2.36. The third kappa shape index (κ3) is 6.96. The Bertz CT molecular complexity index is 341. The largest absolute Gasteiger partial charge is 0.480 e. The number of carboxylic acids is 1. The summed E-state index contributed by atoms with van der Waals surface area (Å²) in [7, 11) is 0. The molecule has 0 saturated heterocycles. The maximum Gasteiger partial charge on any atom is 0.326 e. The van der Waals surface area contributed by atoms with E-state index in [-0.39, 0.29) is 18.4 Å². The molecule has 0 aromatic carbocycles. The zero-order chi connectivity index (χ0) is 15.7. The molecule has 0 aliphatic heterocycles. The molecule has 0 aromatic rings. The SMILES string of the molecule is CCN(CC)C(=O)CNC(=O)N[C@H](CC(C)C)C(=O)O. The van der Waals surface area contributed by atoms with Gasteiger partial charge in [-0.05, 0) is 26.2 Å². The number of carbonyl (C=O) groups excluding carboxylic acids is 2. The molecule has 7 nitrogen and oxygen atoms in total. The van der Waals surface area contributed by atoms with E-state index in [4.69, 9.17) is 5.11 Å². The molecule has 0 aliphatic rings. The lowest BCUT2D eigenvalue weighted by atomic mass is 10.0. The quantitative estimate of drug-likeness (QED) is 0.610. The highest BCUT2D eigenvalue weighted by Gasteiger charge is 2.21. The monoisotopic (exact) mass is 287 g/mol. The number of aliphatic carboxylic acids is 1. The van der Waals surface area contributed by atoms with Crippen molar-refractivity contribution in [1.82, 2.24) is 15.5 Å². The van der Waals surface area contributed by atoms with E-state index in [2.05, 4.69) is 10.6 Å². The number of urea groups is 1. The number of likely N-dealkylation sites (N-methyl/N-ethyl adjacent to an activating group) is 1. The minimum absolute atomic E-state index is 0.137. The van der Waals surface area contributed by atoms with E-state index in [1.807, 2.05) is 27.7 Å². The molecule has 7 heteroatoms. The van der Waals surface area contributed by atoms with Gasteiger partial charge in [0.1, 0.15) is 6.04 Å². The van der Waals surface area contributed by atoms with Crippen molar-refractivity contribution in [2.24, 2.45) is 5.92 Å². The first-order chi connectivity index (χ1) is 9.31. The van der Waals surface area contributed by atoms with E-state index in [0.717, 1.165) is 0 Å². The standard InChI is InChI=1S/C13H25N3O4/c1-5-16(6-2)11(17)8-14-13(20)15-10(12(18)19)7-9(3)4/h9-10H,5-8H2,1-4H3,(H,18,19)(H2,14,15,20)/t10-/m1/s1. The van der Waals surface area contributed by atoms with Crippen molar-refractivity contribution in [3.05, 3.63) is 0 Å².